The molecule has 6 heteroatoms. The highest BCUT2D eigenvalue weighted by atomic mass is 32.1. The number of pyridine rings is 1. The third-order valence-electron chi connectivity index (χ3n) is 6.04. The van der Waals surface area contributed by atoms with Gasteiger partial charge in [-0.05, 0) is 86.2 Å². The van der Waals surface area contributed by atoms with Crippen LogP contribution in [0.1, 0.15) is 36.0 Å². The van der Waals surface area contributed by atoms with E-state index in [-0.39, 0.29) is 12.1 Å². The molecule has 0 spiro atoms. The summed E-state index contributed by atoms with van der Waals surface area (Å²) in [7, 11) is 0. The average molecular weight is 455 g/mol. The number of hydrogen-bond donors (Lipinski definition) is 1. The van der Waals surface area contributed by atoms with Crippen molar-refractivity contribution in [3.8, 4) is 11.5 Å². The summed E-state index contributed by atoms with van der Waals surface area (Å²) in [6.07, 6.45) is 3.94. The van der Waals surface area contributed by atoms with Gasteiger partial charge in [0.15, 0.2) is 5.11 Å². The first-order chi connectivity index (χ1) is 16.2. The zero-order valence-electron chi connectivity index (χ0n) is 18.7. The SMILES string of the molecule is CCn1cccc1[C@@H]1[C@@H](c2ccccn2)NC(=S)N1c1ccc(Oc2ccccc2C)cc1. The normalized spacial score (nSPS) is 17.8. The summed E-state index contributed by atoms with van der Waals surface area (Å²) in [5.41, 5.74) is 4.28. The van der Waals surface area contributed by atoms with Crippen molar-refractivity contribution in [1.29, 1.82) is 0 Å². The molecule has 33 heavy (non-hydrogen) atoms. The molecule has 5 nitrogen and oxygen atoms in total. The van der Waals surface area contributed by atoms with Gasteiger partial charge in [0.25, 0.3) is 0 Å². The summed E-state index contributed by atoms with van der Waals surface area (Å²) in [6.45, 7) is 5.09. The summed E-state index contributed by atoms with van der Waals surface area (Å²) in [6, 6.07) is 26.3. The Labute approximate surface area is 199 Å². The first-order valence-corrected chi connectivity index (χ1v) is 11.6. The van der Waals surface area contributed by atoms with Gasteiger partial charge in [0, 0.05) is 30.3 Å². The second kappa shape index (κ2) is 9.08. The number of aromatic nitrogens is 2. The molecule has 0 amide bonds. The van der Waals surface area contributed by atoms with Gasteiger partial charge in [0.05, 0.1) is 11.7 Å². The van der Waals surface area contributed by atoms with Gasteiger partial charge >= 0.3 is 0 Å². The van der Waals surface area contributed by atoms with E-state index in [9.17, 15) is 0 Å². The van der Waals surface area contributed by atoms with Crippen molar-refractivity contribution in [3.05, 3.63) is 108 Å². The summed E-state index contributed by atoms with van der Waals surface area (Å²) >= 11 is 5.83. The number of anilines is 1. The van der Waals surface area contributed by atoms with Crippen molar-refractivity contribution in [1.82, 2.24) is 14.9 Å². The highest BCUT2D eigenvalue weighted by Gasteiger charge is 2.41. The maximum absolute atomic E-state index is 6.10. The fourth-order valence-electron chi connectivity index (χ4n) is 4.39. The van der Waals surface area contributed by atoms with E-state index in [4.69, 9.17) is 17.0 Å². The number of hydrogen-bond acceptors (Lipinski definition) is 3. The van der Waals surface area contributed by atoms with Crippen LogP contribution in [0, 0.1) is 6.92 Å². The third kappa shape index (κ3) is 4.10. The van der Waals surface area contributed by atoms with Crippen molar-refractivity contribution in [2.75, 3.05) is 4.90 Å². The Morgan fingerprint density at radius 2 is 1.76 bits per heavy atom. The van der Waals surface area contributed by atoms with Gasteiger partial charge in [-0.3, -0.25) is 4.98 Å². The number of nitrogens with zero attached hydrogens (tertiary/aromatic N) is 3. The minimum atomic E-state index is -0.0539. The molecular weight excluding hydrogens is 428 g/mol. The van der Waals surface area contributed by atoms with Crippen LogP contribution in [-0.4, -0.2) is 14.7 Å². The van der Waals surface area contributed by atoms with Gasteiger partial charge in [-0.1, -0.05) is 24.3 Å². The summed E-state index contributed by atoms with van der Waals surface area (Å²) < 4.78 is 8.36. The first-order valence-electron chi connectivity index (χ1n) is 11.1. The van der Waals surface area contributed by atoms with E-state index in [1.807, 2.05) is 61.7 Å². The van der Waals surface area contributed by atoms with E-state index in [0.29, 0.717) is 5.11 Å². The lowest BCUT2D eigenvalue weighted by atomic mass is 10.0. The van der Waals surface area contributed by atoms with E-state index < -0.39 is 0 Å². The lowest BCUT2D eigenvalue weighted by molar-refractivity contribution is 0.479. The quantitative estimate of drug-likeness (QED) is 0.352. The second-order valence-electron chi connectivity index (χ2n) is 8.08. The largest absolute Gasteiger partial charge is 0.457 e. The number of para-hydroxylation sites is 1. The van der Waals surface area contributed by atoms with Gasteiger partial charge < -0.3 is 19.5 Å². The molecule has 0 aliphatic carbocycles. The molecule has 166 valence electrons. The number of nitrogens with one attached hydrogen (secondary N) is 1. The molecule has 4 aromatic rings. The Bertz CT molecular complexity index is 1250. The molecule has 1 saturated heterocycles. The van der Waals surface area contributed by atoms with Crippen molar-refractivity contribution in [2.45, 2.75) is 32.5 Å². The first kappa shape index (κ1) is 21.2. The van der Waals surface area contributed by atoms with E-state index in [2.05, 4.69) is 63.2 Å². The third-order valence-corrected chi connectivity index (χ3v) is 6.36. The van der Waals surface area contributed by atoms with Crippen LogP contribution < -0.4 is 15.0 Å². The number of ether oxygens (including phenoxy) is 1. The molecular formula is C27H26N4OS. The van der Waals surface area contributed by atoms with Crippen LogP contribution in [0.25, 0.3) is 0 Å². The molecule has 1 aliphatic heterocycles. The Morgan fingerprint density at radius 3 is 2.48 bits per heavy atom. The minimum Gasteiger partial charge on any atom is -0.457 e. The van der Waals surface area contributed by atoms with Gasteiger partial charge in [-0.25, -0.2) is 0 Å². The number of rotatable bonds is 6. The number of thiocarbonyl (C=S) groups is 1. The number of aryl methyl sites for hydroxylation is 2. The summed E-state index contributed by atoms with van der Waals surface area (Å²) in [5.74, 6) is 1.65. The maximum atomic E-state index is 6.10. The van der Waals surface area contributed by atoms with Crippen LogP contribution in [0.5, 0.6) is 11.5 Å². The number of benzene rings is 2. The maximum Gasteiger partial charge on any atom is 0.174 e. The fraction of sp³-hybridized carbons (Fsp3) is 0.185. The smallest absolute Gasteiger partial charge is 0.174 e. The standard InChI is InChI=1S/C27H26N4OS/c1-3-30-18-8-11-23(30)26-25(22-10-6-7-17-28-22)29-27(33)31(26)20-13-15-21(16-14-20)32-24-12-5-4-9-19(24)2/h4-18,25-26H,3H2,1-2H3,(H,29,33)/t25-,26-/m1/s1. The molecule has 0 unspecified atom stereocenters. The van der Waals surface area contributed by atoms with Crippen LogP contribution in [0.4, 0.5) is 5.69 Å². The fourth-order valence-corrected chi connectivity index (χ4v) is 4.74. The molecule has 1 fully saturated rings. The molecule has 0 radical (unpaired) electrons. The summed E-state index contributed by atoms with van der Waals surface area (Å²) in [4.78, 5) is 6.82. The molecule has 3 heterocycles. The van der Waals surface area contributed by atoms with Crippen LogP contribution in [0.3, 0.4) is 0 Å². The highest BCUT2D eigenvalue weighted by Crippen LogP contribution is 2.42. The average Bonchev–Trinajstić information content (AvgIpc) is 3.45. The molecule has 1 aliphatic rings. The van der Waals surface area contributed by atoms with E-state index in [1.54, 1.807) is 0 Å². The van der Waals surface area contributed by atoms with Crippen molar-refractivity contribution in [2.24, 2.45) is 0 Å². The van der Waals surface area contributed by atoms with Crippen molar-refractivity contribution in [3.63, 3.8) is 0 Å². The van der Waals surface area contributed by atoms with Crippen molar-refractivity contribution < 1.29 is 4.74 Å². The predicted octanol–water partition coefficient (Wildman–Crippen LogP) is 6.18. The molecule has 1 N–H and O–H groups in total. The van der Waals surface area contributed by atoms with Gasteiger partial charge in [-0.2, -0.15) is 0 Å². The topological polar surface area (TPSA) is 42.3 Å². The molecule has 2 aromatic heterocycles. The minimum absolute atomic E-state index is 0.0227. The van der Waals surface area contributed by atoms with Crippen LogP contribution >= 0.6 is 12.2 Å². The van der Waals surface area contributed by atoms with E-state index in [1.165, 1.54) is 5.69 Å². The Kier molecular flexibility index (Phi) is 5.84. The van der Waals surface area contributed by atoms with Crippen LogP contribution in [0.2, 0.25) is 0 Å². The van der Waals surface area contributed by atoms with Gasteiger partial charge in [-0.15, -0.1) is 0 Å². The van der Waals surface area contributed by atoms with E-state index in [0.717, 1.165) is 35.0 Å². The van der Waals surface area contributed by atoms with E-state index >= 15 is 0 Å². The second-order valence-corrected chi connectivity index (χ2v) is 8.46. The lowest BCUT2D eigenvalue weighted by Gasteiger charge is -2.29. The lowest BCUT2D eigenvalue weighted by Crippen LogP contribution is -2.30. The van der Waals surface area contributed by atoms with Crippen molar-refractivity contribution >= 4 is 23.0 Å². The molecule has 5 rings (SSSR count). The Hall–Kier alpha value is -3.64. The molecule has 2 atom stereocenters. The zero-order valence-corrected chi connectivity index (χ0v) is 19.5. The zero-order chi connectivity index (χ0) is 22.8. The highest BCUT2D eigenvalue weighted by molar-refractivity contribution is 7.80. The monoisotopic (exact) mass is 454 g/mol. The Balaban J connectivity index is 1.50. The summed E-state index contributed by atoms with van der Waals surface area (Å²) in [5, 5.41) is 4.21. The Morgan fingerprint density at radius 1 is 0.970 bits per heavy atom. The van der Waals surface area contributed by atoms with Crippen LogP contribution in [0.15, 0.2) is 91.3 Å². The molecule has 0 bridgehead atoms. The molecule has 0 saturated carbocycles. The van der Waals surface area contributed by atoms with Gasteiger partial charge in [0.2, 0.25) is 0 Å². The van der Waals surface area contributed by atoms with Gasteiger partial charge in [0.1, 0.15) is 17.5 Å². The molecule has 2 aromatic carbocycles. The van der Waals surface area contributed by atoms with Crippen LogP contribution in [-0.2, 0) is 6.54 Å². The predicted molar refractivity (Wildman–Crippen MR) is 136 cm³/mol.